The molecule has 3 amide bonds. The smallest absolute Gasteiger partial charge is 0.326 e. The van der Waals surface area contributed by atoms with Crippen LogP contribution in [0.3, 0.4) is 0 Å². The molecule has 4 unspecified atom stereocenters. The van der Waals surface area contributed by atoms with Crippen molar-refractivity contribution in [2.75, 3.05) is 13.2 Å². The Kier molecular flexibility index (Phi) is 9.88. The molecule has 0 saturated carbocycles. The molecule has 0 fully saturated rings. The number of rotatable bonds is 12. The maximum atomic E-state index is 12.3. The van der Waals surface area contributed by atoms with Crippen molar-refractivity contribution < 1.29 is 34.5 Å². The number of carboxylic acids is 1. The van der Waals surface area contributed by atoms with Crippen molar-refractivity contribution in [3.05, 3.63) is 18.2 Å². The van der Waals surface area contributed by atoms with E-state index in [0.717, 1.165) is 0 Å². The number of imidazole rings is 1. The van der Waals surface area contributed by atoms with Crippen LogP contribution in [0.25, 0.3) is 0 Å². The largest absolute Gasteiger partial charge is 0.480 e. The molecule has 13 nitrogen and oxygen atoms in total. The quantitative estimate of drug-likeness (QED) is 0.165. The van der Waals surface area contributed by atoms with Crippen molar-refractivity contribution in [3.8, 4) is 0 Å². The number of nitrogens with two attached hydrogens (primary N) is 1. The number of carboxylic acid groups (broad SMARTS) is 1. The number of amides is 3. The number of aliphatic hydroxyl groups is 2. The second-order valence-corrected chi connectivity index (χ2v) is 6.94. The first-order valence-electron chi connectivity index (χ1n) is 9.19. The lowest BCUT2D eigenvalue weighted by atomic mass is 10.0. The van der Waals surface area contributed by atoms with Crippen LogP contribution in [-0.2, 0) is 25.6 Å². The predicted molar refractivity (Wildman–Crippen MR) is 103 cm³/mol. The Hall–Kier alpha value is -3.03. The maximum absolute atomic E-state index is 12.3. The third-order valence-corrected chi connectivity index (χ3v) is 4.19. The van der Waals surface area contributed by atoms with E-state index in [9.17, 15) is 29.4 Å². The van der Waals surface area contributed by atoms with Crippen LogP contribution < -0.4 is 21.7 Å². The van der Waals surface area contributed by atoms with E-state index in [1.165, 1.54) is 12.5 Å². The van der Waals surface area contributed by atoms with E-state index in [1.54, 1.807) is 13.8 Å². The SMILES string of the molecule is CC(C)C(NC(=O)C(CO)NC(=O)C(CO)NC(=O)C(N)Cc1cnc[nH]1)C(=O)O. The van der Waals surface area contributed by atoms with Crippen LogP contribution in [0.4, 0.5) is 0 Å². The molecule has 9 N–H and O–H groups in total. The monoisotopic (exact) mass is 428 g/mol. The van der Waals surface area contributed by atoms with Gasteiger partial charge in [-0.25, -0.2) is 9.78 Å². The fraction of sp³-hybridized carbons (Fsp3) is 0.588. The lowest BCUT2D eigenvalue weighted by molar-refractivity contribution is -0.143. The summed E-state index contributed by atoms with van der Waals surface area (Å²) in [5.74, 6) is -4.32. The molecule has 13 heteroatoms. The van der Waals surface area contributed by atoms with Gasteiger partial charge in [-0.2, -0.15) is 0 Å². The molecule has 0 aromatic carbocycles. The van der Waals surface area contributed by atoms with Crippen LogP contribution in [0.15, 0.2) is 12.5 Å². The number of nitrogens with zero attached hydrogens (tertiary/aromatic N) is 1. The average molecular weight is 428 g/mol. The first-order chi connectivity index (χ1) is 14.1. The zero-order valence-electron chi connectivity index (χ0n) is 16.7. The van der Waals surface area contributed by atoms with Crippen LogP contribution in [0.1, 0.15) is 19.5 Å². The number of H-pyrrole nitrogens is 1. The number of aliphatic carboxylic acids is 1. The molecular weight excluding hydrogens is 400 g/mol. The standard InChI is InChI=1S/C17H28N6O7/c1-8(2)13(17(29)30)23-16(28)12(6-25)22-15(27)11(5-24)21-14(26)10(18)3-9-4-19-7-20-9/h4,7-8,10-13,24-25H,3,5-6,18H2,1-2H3,(H,19,20)(H,21,26)(H,22,27)(H,23,28)(H,29,30). The van der Waals surface area contributed by atoms with Gasteiger partial charge in [0.25, 0.3) is 0 Å². The van der Waals surface area contributed by atoms with Gasteiger partial charge >= 0.3 is 5.97 Å². The Morgan fingerprint density at radius 3 is 2.00 bits per heavy atom. The third-order valence-electron chi connectivity index (χ3n) is 4.19. The van der Waals surface area contributed by atoms with Gasteiger partial charge in [-0.05, 0) is 5.92 Å². The highest BCUT2D eigenvalue weighted by Gasteiger charge is 2.30. The first-order valence-corrected chi connectivity index (χ1v) is 9.19. The summed E-state index contributed by atoms with van der Waals surface area (Å²) in [4.78, 5) is 54.5. The average Bonchev–Trinajstić information content (AvgIpc) is 3.19. The summed E-state index contributed by atoms with van der Waals surface area (Å²) < 4.78 is 0. The second kappa shape index (κ2) is 11.8. The summed E-state index contributed by atoms with van der Waals surface area (Å²) in [5, 5.41) is 34.6. The van der Waals surface area contributed by atoms with Crippen LogP contribution in [0, 0.1) is 5.92 Å². The van der Waals surface area contributed by atoms with E-state index in [-0.39, 0.29) is 6.42 Å². The minimum absolute atomic E-state index is 0.110. The number of carbonyl (C=O) groups is 4. The van der Waals surface area contributed by atoms with E-state index in [0.29, 0.717) is 5.69 Å². The van der Waals surface area contributed by atoms with Crippen LogP contribution >= 0.6 is 0 Å². The third kappa shape index (κ3) is 7.42. The fourth-order valence-electron chi connectivity index (χ4n) is 2.43. The zero-order chi connectivity index (χ0) is 22.8. The lowest BCUT2D eigenvalue weighted by Crippen LogP contribution is -2.59. The minimum atomic E-state index is -1.48. The van der Waals surface area contributed by atoms with E-state index in [1.807, 2.05) is 0 Å². The van der Waals surface area contributed by atoms with Crippen molar-refractivity contribution in [1.29, 1.82) is 0 Å². The van der Waals surface area contributed by atoms with Crippen molar-refractivity contribution >= 4 is 23.7 Å². The summed E-state index contributed by atoms with van der Waals surface area (Å²) >= 11 is 0. The Balaban J connectivity index is 2.69. The molecule has 30 heavy (non-hydrogen) atoms. The highest BCUT2D eigenvalue weighted by atomic mass is 16.4. The number of aromatic amines is 1. The molecular formula is C17H28N6O7. The number of hydrogen-bond donors (Lipinski definition) is 8. The molecule has 1 aromatic heterocycles. The zero-order valence-corrected chi connectivity index (χ0v) is 16.7. The molecule has 0 saturated heterocycles. The normalized spacial score (nSPS) is 15.0. The van der Waals surface area contributed by atoms with Gasteiger partial charge in [-0.15, -0.1) is 0 Å². The Labute approximate surface area is 172 Å². The predicted octanol–water partition coefficient (Wildman–Crippen LogP) is -3.54. The Morgan fingerprint density at radius 2 is 1.57 bits per heavy atom. The first kappa shape index (κ1) is 25.0. The van der Waals surface area contributed by atoms with E-state index in [2.05, 4.69) is 25.9 Å². The molecule has 168 valence electrons. The van der Waals surface area contributed by atoms with Crippen molar-refractivity contribution in [3.63, 3.8) is 0 Å². The van der Waals surface area contributed by atoms with Gasteiger partial charge in [-0.1, -0.05) is 13.8 Å². The van der Waals surface area contributed by atoms with Gasteiger partial charge in [0.15, 0.2) is 0 Å². The highest BCUT2D eigenvalue weighted by Crippen LogP contribution is 2.03. The van der Waals surface area contributed by atoms with Gasteiger partial charge in [0.2, 0.25) is 17.7 Å². The van der Waals surface area contributed by atoms with Gasteiger partial charge in [0.1, 0.15) is 18.1 Å². The molecule has 0 bridgehead atoms. The second-order valence-electron chi connectivity index (χ2n) is 6.94. The van der Waals surface area contributed by atoms with Gasteiger partial charge in [0, 0.05) is 18.3 Å². The number of carbonyl (C=O) groups excluding carboxylic acids is 3. The molecule has 0 aliphatic rings. The Morgan fingerprint density at radius 1 is 1.03 bits per heavy atom. The van der Waals surface area contributed by atoms with Crippen molar-refractivity contribution in [2.45, 2.75) is 44.4 Å². The molecule has 1 aromatic rings. The molecule has 1 rings (SSSR count). The maximum Gasteiger partial charge on any atom is 0.326 e. The fourth-order valence-corrected chi connectivity index (χ4v) is 2.43. The highest BCUT2D eigenvalue weighted by molar-refractivity contribution is 5.94. The molecule has 0 radical (unpaired) electrons. The Bertz CT molecular complexity index is 724. The number of aromatic nitrogens is 2. The molecule has 0 aliphatic carbocycles. The van der Waals surface area contributed by atoms with Crippen LogP contribution in [-0.4, -0.2) is 86.4 Å². The van der Waals surface area contributed by atoms with Crippen molar-refractivity contribution in [1.82, 2.24) is 25.9 Å². The lowest BCUT2D eigenvalue weighted by Gasteiger charge is -2.24. The summed E-state index contributed by atoms with van der Waals surface area (Å²) in [6.07, 6.45) is 3.01. The van der Waals surface area contributed by atoms with Crippen LogP contribution in [0.5, 0.6) is 0 Å². The summed E-state index contributed by atoms with van der Waals surface area (Å²) in [5.41, 5.74) is 6.36. The van der Waals surface area contributed by atoms with E-state index < -0.39 is 67.0 Å². The number of hydrogen-bond acceptors (Lipinski definition) is 8. The summed E-state index contributed by atoms with van der Waals surface area (Å²) in [6, 6.07) is -5.18. The summed E-state index contributed by atoms with van der Waals surface area (Å²) in [7, 11) is 0. The number of nitrogens with one attached hydrogen (secondary N) is 4. The van der Waals surface area contributed by atoms with Gasteiger partial charge in [0.05, 0.1) is 25.6 Å². The molecule has 0 aliphatic heterocycles. The van der Waals surface area contributed by atoms with E-state index in [4.69, 9.17) is 10.8 Å². The number of aliphatic hydroxyl groups excluding tert-OH is 2. The topological polar surface area (TPSA) is 220 Å². The van der Waals surface area contributed by atoms with Crippen LogP contribution in [0.2, 0.25) is 0 Å². The minimum Gasteiger partial charge on any atom is -0.480 e. The van der Waals surface area contributed by atoms with Crippen molar-refractivity contribution in [2.24, 2.45) is 11.7 Å². The van der Waals surface area contributed by atoms with E-state index >= 15 is 0 Å². The molecule has 0 spiro atoms. The van der Waals surface area contributed by atoms with Gasteiger partial charge < -0.3 is 42.0 Å². The molecule has 1 heterocycles. The molecule has 4 atom stereocenters. The summed E-state index contributed by atoms with van der Waals surface area (Å²) in [6.45, 7) is 1.54. The van der Waals surface area contributed by atoms with Gasteiger partial charge in [-0.3, -0.25) is 14.4 Å².